The molecule has 0 aliphatic rings. The molecule has 4 rings (SSSR count). The number of benzene rings is 3. The number of hydrogen-bond acceptors (Lipinski definition) is 4. The quantitative estimate of drug-likeness (QED) is 0.321. The number of nitrogens with one attached hydrogen (secondary N) is 1. The van der Waals surface area contributed by atoms with Gasteiger partial charge in [-0.25, -0.2) is 0 Å². The fourth-order valence-corrected chi connectivity index (χ4v) is 3.72. The zero-order valence-electron chi connectivity index (χ0n) is 18.1. The molecule has 0 atom stereocenters. The SMILES string of the molecule is COc1ccc(CN/N=C\c2cn(Cc3ccccc3C)c3ccccc23)cc1OC. The van der Waals surface area contributed by atoms with Crippen LogP contribution in [0.25, 0.3) is 10.9 Å². The normalized spacial score (nSPS) is 11.2. The van der Waals surface area contributed by atoms with Gasteiger partial charge in [0.2, 0.25) is 0 Å². The van der Waals surface area contributed by atoms with E-state index in [4.69, 9.17) is 9.47 Å². The van der Waals surface area contributed by atoms with Crippen LogP contribution in [0.5, 0.6) is 11.5 Å². The van der Waals surface area contributed by atoms with Crippen LogP contribution < -0.4 is 14.9 Å². The van der Waals surface area contributed by atoms with Gasteiger partial charge in [-0.2, -0.15) is 5.10 Å². The predicted octanol–water partition coefficient (Wildman–Crippen LogP) is 5.14. The average molecular weight is 414 g/mol. The molecule has 0 aliphatic heterocycles. The first-order chi connectivity index (χ1) is 15.2. The molecule has 3 aromatic carbocycles. The van der Waals surface area contributed by atoms with Gasteiger partial charge in [0.15, 0.2) is 11.5 Å². The zero-order valence-corrected chi connectivity index (χ0v) is 18.1. The number of fused-ring (bicyclic) bond motifs is 1. The smallest absolute Gasteiger partial charge is 0.161 e. The molecule has 1 N–H and O–H groups in total. The van der Waals surface area contributed by atoms with E-state index in [-0.39, 0.29) is 0 Å². The summed E-state index contributed by atoms with van der Waals surface area (Å²) in [6.45, 7) is 3.58. The minimum atomic E-state index is 0.596. The van der Waals surface area contributed by atoms with Gasteiger partial charge in [-0.1, -0.05) is 48.5 Å². The Hall–Kier alpha value is -3.73. The molecular weight excluding hydrogens is 386 g/mol. The van der Waals surface area contributed by atoms with Gasteiger partial charge in [-0.3, -0.25) is 0 Å². The Morgan fingerprint density at radius 1 is 0.935 bits per heavy atom. The first-order valence-corrected chi connectivity index (χ1v) is 10.3. The Morgan fingerprint density at radius 2 is 1.71 bits per heavy atom. The van der Waals surface area contributed by atoms with Crippen molar-refractivity contribution in [2.45, 2.75) is 20.0 Å². The number of ether oxygens (including phenoxy) is 2. The van der Waals surface area contributed by atoms with Crippen molar-refractivity contribution in [2.24, 2.45) is 5.10 Å². The Bertz CT molecular complexity index is 1210. The molecule has 5 heteroatoms. The fraction of sp³-hybridized carbons (Fsp3) is 0.192. The molecule has 0 saturated heterocycles. The Balaban J connectivity index is 1.51. The third-order valence-electron chi connectivity index (χ3n) is 5.45. The van der Waals surface area contributed by atoms with E-state index in [9.17, 15) is 0 Å². The summed E-state index contributed by atoms with van der Waals surface area (Å²) in [4.78, 5) is 0. The van der Waals surface area contributed by atoms with Crippen LogP contribution in [-0.2, 0) is 13.1 Å². The number of para-hydroxylation sites is 1. The molecular formula is C26H27N3O2. The van der Waals surface area contributed by atoms with Gasteiger partial charge in [0.1, 0.15) is 0 Å². The topological polar surface area (TPSA) is 47.8 Å². The van der Waals surface area contributed by atoms with Crippen molar-refractivity contribution in [2.75, 3.05) is 14.2 Å². The maximum Gasteiger partial charge on any atom is 0.161 e. The van der Waals surface area contributed by atoms with Crippen molar-refractivity contribution in [3.05, 3.63) is 95.2 Å². The largest absolute Gasteiger partial charge is 0.493 e. The zero-order chi connectivity index (χ0) is 21.6. The molecule has 0 fully saturated rings. The van der Waals surface area contributed by atoms with Crippen molar-refractivity contribution >= 4 is 17.1 Å². The molecule has 0 spiro atoms. The average Bonchev–Trinajstić information content (AvgIpc) is 3.15. The molecule has 5 nitrogen and oxygen atoms in total. The number of hydrogen-bond donors (Lipinski definition) is 1. The highest BCUT2D eigenvalue weighted by Crippen LogP contribution is 2.27. The molecule has 31 heavy (non-hydrogen) atoms. The van der Waals surface area contributed by atoms with Gasteiger partial charge >= 0.3 is 0 Å². The monoisotopic (exact) mass is 413 g/mol. The van der Waals surface area contributed by atoms with Crippen LogP contribution in [0, 0.1) is 6.92 Å². The van der Waals surface area contributed by atoms with Gasteiger partial charge in [0, 0.05) is 29.2 Å². The maximum atomic E-state index is 5.37. The van der Waals surface area contributed by atoms with Crippen molar-refractivity contribution in [3.8, 4) is 11.5 Å². The summed E-state index contributed by atoms with van der Waals surface area (Å²) >= 11 is 0. The van der Waals surface area contributed by atoms with E-state index >= 15 is 0 Å². The number of nitrogens with zero attached hydrogens (tertiary/aromatic N) is 2. The highest BCUT2D eigenvalue weighted by Gasteiger charge is 2.08. The van der Waals surface area contributed by atoms with Crippen LogP contribution in [0.1, 0.15) is 22.3 Å². The number of rotatable bonds is 8. The van der Waals surface area contributed by atoms with Crippen LogP contribution in [0.3, 0.4) is 0 Å². The van der Waals surface area contributed by atoms with E-state index in [2.05, 4.69) is 76.7 Å². The first-order valence-electron chi connectivity index (χ1n) is 10.3. The summed E-state index contributed by atoms with van der Waals surface area (Å²) in [7, 11) is 3.27. The van der Waals surface area contributed by atoms with Crippen LogP contribution >= 0.6 is 0 Å². The number of hydrazone groups is 1. The molecule has 1 heterocycles. The lowest BCUT2D eigenvalue weighted by Gasteiger charge is -2.09. The van der Waals surface area contributed by atoms with E-state index in [0.29, 0.717) is 12.3 Å². The van der Waals surface area contributed by atoms with Crippen LogP contribution in [0.4, 0.5) is 0 Å². The summed E-state index contributed by atoms with van der Waals surface area (Å²) in [5, 5.41) is 5.65. The Kier molecular flexibility index (Phi) is 6.22. The molecule has 0 unspecified atom stereocenters. The van der Waals surface area contributed by atoms with Crippen LogP contribution in [-0.4, -0.2) is 25.0 Å². The summed E-state index contributed by atoms with van der Waals surface area (Å²) in [6, 6.07) is 22.8. The molecule has 0 radical (unpaired) electrons. The summed E-state index contributed by atoms with van der Waals surface area (Å²) in [5.41, 5.74) is 9.11. The van der Waals surface area contributed by atoms with E-state index < -0.39 is 0 Å². The van der Waals surface area contributed by atoms with Crippen molar-refractivity contribution < 1.29 is 9.47 Å². The Morgan fingerprint density at radius 3 is 2.52 bits per heavy atom. The lowest BCUT2D eigenvalue weighted by molar-refractivity contribution is 0.354. The van der Waals surface area contributed by atoms with Gasteiger partial charge < -0.3 is 19.5 Å². The molecule has 4 aromatic rings. The van der Waals surface area contributed by atoms with Gasteiger partial charge in [0.25, 0.3) is 0 Å². The first kappa shape index (κ1) is 20.5. The van der Waals surface area contributed by atoms with Crippen molar-refractivity contribution in [3.63, 3.8) is 0 Å². The number of aromatic nitrogens is 1. The molecule has 158 valence electrons. The lowest BCUT2D eigenvalue weighted by atomic mass is 10.1. The molecule has 0 saturated carbocycles. The lowest BCUT2D eigenvalue weighted by Crippen LogP contribution is -2.06. The van der Waals surface area contributed by atoms with Crippen LogP contribution in [0.2, 0.25) is 0 Å². The van der Waals surface area contributed by atoms with E-state index in [1.807, 2.05) is 24.4 Å². The summed E-state index contributed by atoms with van der Waals surface area (Å²) in [5.74, 6) is 1.43. The second-order valence-corrected chi connectivity index (χ2v) is 7.44. The fourth-order valence-electron chi connectivity index (χ4n) is 3.72. The standard InChI is InChI=1S/C26H27N3O2/c1-19-8-4-5-9-21(19)17-29-18-22(23-10-6-7-11-24(23)29)16-28-27-15-20-12-13-25(30-2)26(14-20)31-3/h4-14,16,18,27H,15,17H2,1-3H3/b28-16-. The third-order valence-corrected chi connectivity index (χ3v) is 5.45. The van der Waals surface area contributed by atoms with Crippen LogP contribution in [0.15, 0.2) is 78.0 Å². The molecule has 0 bridgehead atoms. The maximum absolute atomic E-state index is 5.37. The minimum absolute atomic E-state index is 0.596. The second kappa shape index (κ2) is 9.39. The molecule has 0 aliphatic carbocycles. The predicted molar refractivity (Wildman–Crippen MR) is 126 cm³/mol. The van der Waals surface area contributed by atoms with E-state index in [0.717, 1.165) is 23.4 Å². The highest BCUT2D eigenvalue weighted by molar-refractivity contribution is 5.99. The van der Waals surface area contributed by atoms with E-state index in [1.165, 1.54) is 22.0 Å². The molecule has 1 aromatic heterocycles. The minimum Gasteiger partial charge on any atom is -0.493 e. The highest BCUT2D eigenvalue weighted by atomic mass is 16.5. The third kappa shape index (κ3) is 4.56. The van der Waals surface area contributed by atoms with Crippen molar-refractivity contribution in [1.82, 2.24) is 9.99 Å². The van der Waals surface area contributed by atoms with Gasteiger partial charge in [0.05, 0.1) is 27.0 Å². The van der Waals surface area contributed by atoms with E-state index in [1.54, 1.807) is 14.2 Å². The number of aryl methyl sites for hydroxylation is 1. The molecule has 0 amide bonds. The second-order valence-electron chi connectivity index (χ2n) is 7.44. The van der Waals surface area contributed by atoms with Gasteiger partial charge in [-0.05, 0) is 41.8 Å². The van der Waals surface area contributed by atoms with Crippen molar-refractivity contribution in [1.29, 1.82) is 0 Å². The summed E-state index contributed by atoms with van der Waals surface area (Å²) < 4.78 is 12.9. The Labute approximate surface area is 182 Å². The number of methoxy groups -OCH3 is 2. The van der Waals surface area contributed by atoms with Gasteiger partial charge in [-0.15, -0.1) is 0 Å². The summed E-state index contributed by atoms with van der Waals surface area (Å²) in [6.07, 6.45) is 4.05.